The van der Waals surface area contributed by atoms with Gasteiger partial charge in [0.15, 0.2) is 0 Å². The van der Waals surface area contributed by atoms with E-state index >= 15 is 0 Å². The Balaban J connectivity index is 1.48. The Morgan fingerprint density at radius 2 is 1.82 bits per heavy atom. The highest BCUT2D eigenvalue weighted by Crippen LogP contribution is 2.22. The van der Waals surface area contributed by atoms with Gasteiger partial charge in [0.25, 0.3) is 0 Å². The van der Waals surface area contributed by atoms with Crippen molar-refractivity contribution in [3.8, 4) is 6.07 Å². The van der Waals surface area contributed by atoms with E-state index in [0.717, 1.165) is 34.0 Å². The summed E-state index contributed by atoms with van der Waals surface area (Å²) < 4.78 is 29.2. The lowest BCUT2D eigenvalue weighted by molar-refractivity contribution is -0.121. The summed E-state index contributed by atoms with van der Waals surface area (Å²) in [5, 5.41) is 14.2. The Morgan fingerprint density at radius 3 is 2.52 bits per heavy atom. The van der Waals surface area contributed by atoms with Crippen molar-refractivity contribution in [3.05, 3.63) is 102 Å². The maximum Gasteiger partial charge on any atom is 0.226 e. The van der Waals surface area contributed by atoms with E-state index in [2.05, 4.69) is 16.4 Å². The minimum absolute atomic E-state index is 0.0595. The quantitative estimate of drug-likeness (QED) is 0.276. The standard InChI is InChI=1S/C31H35N5O3S/c1-4-23(2)30(21-36(40(3,38)39)20-27-10-7-9-26-8-5-6-11-29(26)27)34-31(37)16-28-18-33-22-35(28)19-25-14-12-24(17-32)13-15-25/h5-15,18,22-23,30H,4,16,19-21H2,1-3H3,(H,34,37)/t23-,30+/m0/s1. The molecule has 208 valence electrons. The molecule has 0 fully saturated rings. The number of nitriles is 1. The summed E-state index contributed by atoms with van der Waals surface area (Å²) in [6.07, 6.45) is 5.47. The van der Waals surface area contributed by atoms with Crippen molar-refractivity contribution in [3.63, 3.8) is 0 Å². The molecular formula is C31H35N5O3S. The Labute approximate surface area is 236 Å². The number of aromatic nitrogens is 2. The van der Waals surface area contributed by atoms with Crippen LogP contribution in [0.15, 0.2) is 79.3 Å². The van der Waals surface area contributed by atoms with Gasteiger partial charge in [0, 0.05) is 37.6 Å². The van der Waals surface area contributed by atoms with Gasteiger partial charge < -0.3 is 9.88 Å². The van der Waals surface area contributed by atoms with Crippen molar-refractivity contribution in [2.24, 2.45) is 5.92 Å². The zero-order valence-corrected chi connectivity index (χ0v) is 23.9. The summed E-state index contributed by atoms with van der Waals surface area (Å²) in [6.45, 7) is 4.98. The zero-order chi connectivity index (χ0) is 28.7. The molecule has 4 aromatic rings. The number of hydrogen-bond acceptors (Lipinski definition) is 5. The molecule has 0 spiro atoms. The van der Waals surface area contributed by atoms with Crippen molar-refractivity contribution < 1.29 is 13.2 Å². The molecule has 0 saturated carbocycles. The Kier molecular flexibility index (Phi) is 9.35. The molecule has 8 nitrogen and oxygen atoms in total. The number of carbonyl (C=O) groups is 1. The van der Waals surface area contributed by atoms with Crippen molar-refractivity contribution in [1.29, 1.82) is 5.26 Å². The highest BCUT2D eigenvalue weighted by atomic mass is 32.2. The van der Waals surface area contributed by atoms with Crippen molar-refractivity contribution in [2.45, 2.75) is 45.8 Å². The number of carbonyl (C=O) groups excluding carboxylic acids is 1. The minimum atomic E-state index is -3.55. The number of benzene rings is 3. The first-order chi connectivity index (χ1) is 19.2. The number of hydrogen-bond donors (Lipinski definition) is 1. The zero-order valence-electron chi connectivity index (χ0n) is 23.1. The largest absolute Gasteiger partial charge is 0.351 e. The lowest BCUT2D eigenvalue weighted by Crippen LogP contribution is -2.49. The molecule has 0 unspecified atom stereocenters. The smallest absolute Gasteiger partial charge is 0.226 e. The molecular weight excluding hydrogens is 522 g/mol. The maximum atomic E-state index is 13.2. The lowest BCUT2D eigenvalue weighted by atomic mass is 9.98. The molecule has 9 heteroatoms. The second kappa shape index (κ2) is 12.9. The van der Waals surface area contributed by atoms with E-state index in [-0.39, 0.29) is 37.4 Å². The summed E-state index contributed by atoms with van der Waals surface area (Å²) >= 11 is 0. The fourth-order valence-electron chi connectivity index (χ4n) is 4.75. The number of nitrogens with zero attached hydrogens (tertiary/aromatic N) is 4. The van der Waals surface area contributed by atoms with Gasteiger partial charge in [0.1, 0.15) is 0 Å². The molecule has 0 saturated heterocycles. The van der Waals surface area contributed by atoms with Gasteiger partial charge in [-0.1, -0.05) is 74.9 Å². The van der Waals surface area contributed by atoms with E-state index in [4.69, 9.17) is 5.26 Å². The lowest BCUT2D eigenvalue weighted by Gasteiger charge is -2.30. The van der Waals surface area contributed by atoms with Crippen molar-refractivity contribution in [2.75, 3.05) is 12.8 Å². The second-order valence-corrected chi connectivity index (χ2v) is 12.2. The number of sulfonamides is 1. The van der Waals surface area contributed by atoms with Crippen LogP contribution in [0.3, 0.4) is 0 Å². The highest BCUT2D eigenvalue weighted by Gasteiger charge is 2.27. The Hall–Kier alpha value is -4.00. The van der Waals surface area contributed by atoms with Crippen LogP contribution in [0, 0.1) is 17.2 Å². The third-order valence-corrected chi connectivity index (χ3v) is 8.57. The summed E-state index contributed by atoms with van der Waals surface area (Å²) in [4.78, 5) is 17.5. The molecule has 0 aliphatic carbocycles. The molecule has 2 atom stereocenters. The number of imidazole rings is 1. The van der Waals surface area contributed by atoms with Gasteiger partial charge in [0.05, 0.1) is 30.6 Å². The summed E-state index contributed by atoms with van der Waals surface area (Å²) in [6, 6.07) is 22.9. The number of fused-ring (bicyclic) bond motifs is 1. The number of amides is 1. The molecule has 0 radical (unpaired) electrons. The third-order valence-electron chi connectivity index (χ3n) is 7.35. The number of nitrogens with one attached hydrogen (secondary N) is 1. The van der Waals surface area contributed by atoms with Crippen LogP contribution in [-0.4, -0.2) is 47.0 Å². The van der Waals surface area contributed by atoms with Crippen LogP contribution in [0.4, 0.5) is 0 Å². The highest BCUT2D eigenvalue weighted by molar-refractivity contribution is 7.88. The van der Waals surface area contributed by atoms with Crippen LogP contribution >= 0.6 is 0 Å². The minimum Gasteiger partial charge on any atom is -0.351 e. The first-order valence-corrected chi connectivity index (χ1v) is 15.2. The summed E-state index contributed by atoms with van der Waals surface area (Å²) in [5.74, 6) is -0.130. The SMILES string of the molecule is CC[C@H](C)[C@@H](CN(Cc1cccc2ccccc12)S(C)(=O)=O)NC(=O)Cc1cncn1Cc1ccc(C#N)cc1. The predicted octanol–water partition coefficient (Wildman–Crippen LogP) is 4.49. The molecule has 3 aromatic carbocycles. The van der Waals surface area contributed by atoms with Gasteiger partial charge in [-0.2, -0.15) is 9.57 Å². The molecule has 40 heavy (non-hydrogen) atoms. The molecule has 1 amide bonds. The van der Waals surface area contributed by atoms with Crippen LogP contribution in [0.5, 0.6) is 0 Å². The fourth-order valence-corrected chi connectivity index (χ4v) is 5.56. The van der Waals surface area contributed by atoms with E-state index < -0.39 is 10.0 Å². The molecule has 0 aliphatic rings. The van der Waals surface area contributed by atoms with Gasteiger partial charge >= 0.3 is 0 Å². The van der Waals surface area contributed by atoms with Crippen LogP contribution in [0.2, 0.25) is 0 Å². The first-order valence-electron chi connectivity index (χ1n) is 13.4. The Bertz CT molecular complexity index is 1600. The van der Waals surface area contributed by atoms with Crippen LogP contribution in [0.25, 0.3) is 10.8 Å². The van der Waals surface area contributed by atoms with Crippen LogP contribution in [-0.2, 0) is 34.3 Å². The predicted molar refractivity (Wildman–Crippen MR) is 157 cm³/mol. The van der Waals surface area contributed by atoms with Crippen molar-refractivity contribution in [1.82, 2.24) is 19.2 Å². The first kappa shape index (κ1) is 29.0. The average Bonchev–Trinajstić information content (AvgIpc) is 3.37. The monoisotopic (exact) mass is 557 g/mol. The molecule has 1 heterocycles. The third kappa shape index (κ3) is 7.34. The van der Waals surface area contributed by atoms with Gasteiger partial charge in [-0.05, 0) is 39.9 Å². The average molecular weight is 558 g/mol. The molecule has 4 rings (SSSR count). The second-order valence-electron chi connectivity index (χ2n) is 10.3. The van der Waals surface area contributed by atoms with E-state index in [1.807, 2.05) is 73.0 Å². The van der Waals surface area contributed by atoms with Gasteiger partial charge in [0.2, 0.25) is 15.9 Å². The molecule has 0 bridgehead atoms. The topological polar surface area (TPSA) is 108 Å². The van der Waals surface area contributed by atoms with Crippen LogP contribution < -0.4 is 5.32 Å². The van der Waals surface area contributed by atoms with E-state index in [1.54, 1.807) is 24.7 Å². The maximum absolute atomic E-state index is 13.2. The van der Waals surface area contributed by atoms with Crippen molar-refractivity contribution >= 4 is 26.7 Å². The summed E-state index contributed by atoms with van der Waals surface area (Å²) in [7, 11) is -3.55. The van der Waals surface area contributed by atoms with E-state index in [9.17, 15) is 13.2 Å². The number of rotatable bonds is 12. The van der Waals surface area contributed by atoms with E-state index in [0.29, 0.717) is 12.1 Å². The fraction of sp³-hybridized carbons (Fsp3) is 0.323. The summed E-state index contributed by atoms with van der Waals surface area (Å²) in [5.41, 5.74) is 3.26. The normalized spacial score (nSPS) is 13.2. The molecule has 0 aliphatic heterocycles. The molecule has 1 N–H and O–H groups in total. The Morgan fingerprint density at radius 1 is 1.10 bits per heavy atom. The molecule has 1 aromatic heterocycles. The van der Waals surface area contributed by atoms with Gasteiger partial charge in [-0.3, -0.25) is 4.79 Å². The van der Waals surface area contributed by atoms with Gasteiger partial charge in [-0.15, -0.1) is 0 Å². The van der Waals surface area contributed by atoms with E-state index in [1.165, 1.54) is 10.6 Å². The van der Waals surface area contributed by atoms with Crippen LogP contribution in [0.1, 0.15) is 42.7 Å². The van der Waals surface area contributed by atoms with Gasteiger partial charge in [-0.25, -0.2) is 13.4 Å².